The molecule has 0 radical (unpaired) electrons. The summed E-state index contributed by atoms with van der Waals surface area (Å²) < 4.78 is 16.5. The van der Waals surface area contributed by atoms with Gasteiger partial charge in [0.05, 0.1) is 25.2 Å². The standard InChI is InChI=1S/C12H19BrO4/c1-2-15-10(14)11(9-13)3-5-12(6-4-11)16-7-8-17-12/h2-9H2,1H3. The van der Waals surface area contributed by atoms with E-state index in [2.05, 4.69) is 15.9 Å². The van der Waals surface area contributed by atoms with Crippen molar-refractivity contribution in [1.29, 1.82) is 0 Å². The molecular formula is C12H19BrO4. The molecule has 2 aliphatic rings. The molecule has 0 atom stereocenters. The molecule has 0 N–H and O–H groups in total. The maximum absolute atomic E-state index is 12.0. The summed E-state index contributed by atoms with van der Waals surface area (Å²) in [6.07, 6.45) is 3.07. The molecule has 0 aromatic heterocycles. The van der Waals surface area contributed by atoms with Crippen LogP contribution >= 0.6 is 15.9 Å². The van der Waals surface area contributed by atoms with Crippen molar-refractivity contribution in [1.82, 2.24) is 0 Å². The number of alkyl halides is 1. The average Bonchev–Trinajstić information content (AvgIpc) is 2.80. The summed E-state index contributed by atoms with van der Waals surface area (Å²) in [6, 6.07) is 0. The minimum absolute atomic E-state index is 0.0929. The summed E-state index contributed by atoms with van der Waals surface area (Å²) in [5.41, 5.74) is -0.392. The SMILES string of the molecule is CCOC(=O)C1(CBr)CCC2(CC1)OCCO2. The second-order valence-electron chi connectivity index (χ2n) is 4.74. The maximum atomic E-state index is 12.0. The van der Waals surface area contributed by atoms with E-state index in [4.69, 9.17) is 14.2 Å². The van der Waals surface area contributed by atoms with E-state index < -0.39 is 11.2 Å². The molecule has 0 aromatic rings. The van der Waals surface area contributed by atoms with E-state index in [1.54, 1.807) is 0 Å². The van der Waals surface area contributed by atoms with Gasteiger partial charge in [0.15, 0.2) is 5.79 Å². The third kappa shape index (κ3) is 2.51. The normalized spacial score (nSPS) is 26.0. The number of halogens is 1. The highest BCUT2D eigenvalue weighted by molar-refractivity contribution is 9.09. The zero-order valence-corrected chi connectivity index (χ0v) is 11.8. The average molecular weight is 307 g/mol. The number of rotatable bonds is 3. The van der Waals surface area contributed by atoms with Gasteiger partial charge in [-0.2, -0.15) is 0 Å². The van der Waals surface area contributed by atoms with Crippen molar-refractivity contribution in [3.8, 4) is 0 Å². The Labute approximate surface area is 110 Å². The lowest BCUT2D eigenvalue weighted by molar-refractivity contribution is -0.196. The molecule has 2 rings (SSSR count). The summed E-state index contributed by atoms with van der Waals surface area (Å²) in [5, 5.41) is 0.648. The van der Waals surface area contributed by atoms with Gasteiger partial charge in [-0.1, -0.05) is 15.9 Å². The number of carbonyl (C=O) groups excluding carboxylic acids is 1. The van der Waals surface area contributed by atoms with Gasteiger partial charge in [-0.15, -0.1) is 0 Å². The van der Waals surface area contributed by atoms with Crippen LogP contribution in [-0.4, -0.2) is 36.9 Å². The van der Waals surface area contributed by atoms with Gasteiger partial charge in [0.25, 0.3) is 0 Å². The van der Waals surface area contributed by atoms with Gasteiger partial charge in [-0.05, 0) is 19.8 Å². The molecule has 1 saturated carbocycles. The quantitative estimate of drug-likeness (QED) is 0.592. The predicted molar refractivity (Wildman–Crippen MR) is 66.0 cm³/mol. The maximum Gasteiger partial charge on any atom is 0.312 e. The van der Waals surface area contributed by atoms with Crippen LogP contribution < -0.4 is 0 Å². The smallest absolute Gasteiger partial charge is 0.312 e. The van der Waals surface area contributed by atoms with Crippen LogP contribution in [0.3, 0.4) is 0 Å². The number of carbonyl (C=O) groups is 1. The number of ether oxygens (including phenoxy) is 3. The second kappa shape index (κ2) is 5.24. The van der Waals surface area contributed by atoms with E-state index in [1.807, 2.05) is 6.92 Å². The minimum atomic E-state index is -0.418. The Kier molecular flexibility index (Phi) is 4.10. The monoisotopic (exact) mass is 306 g/mol. The molecule has 1 spiro atoms. The van der Waals surface area contributed by atoms with Crippen LogP contribution in [-0.2, 0) is 19.0 Å². The van der Waals surface area contributed by atoms with E-state index in [9.17, 15) is 4.79 Å². The van der Waals surface area contributed by atoms with Crippen molar-refractivity contribution in [2.24, 2.45) is 5.41 Å². The molecule has 5 heteroatoms. The first-order valence-electron chi connectivity index (χ1n) is 6.17. The zero-order chi connectivity index (χ0) is 12.4. The Morgan fingerprint density at radius 2 is 1.82 bits per heavy atom. The summed E-state index contributed by atoms with van der Waals surface area (Å²) in [6.45, 7) is 3.61. The molecule has 2 fully saturated rings. The van der Waals surface area contributed by atoms with E-state index in [1.165, 1.54) is 0 Å². The molecule has 1 aliphatic carbocycles. The molecule has 1 saturated heterocycles. The fourth-order valence-electron chi connectivity index (χ4n) is 2.57. The summed E-state index contributed by atoms with van der Waals surface area (Å²) >= 11 is 3.45. The van der Waals surface area contributed by atoms with Crippen molar-refractivity contribution < 1.29 is 19.0 Å². The molecule has 17 heavy (non-hydrogen) atoms. The Morgan fingerprint density at radius 3 is 2.29 bits per heavy atom. The highest BCUT2D eigenvalue weighted by Gasteiger charge is 2.49. The molecule has 0 aromatic carbocycles. The van der Waals surface area contributed by atoms with Crippen LogP contribution in [0.25, 0.3) is 0 Å². The molecule has 1 heterocycles. The molecular weight excluding hydrogens is 288 g/mol. The zero-order valence-electron chi connectivity index (χ0n) is 10.2. The van der Waals surface area contributed by atoms with Crippen LogP contribution in [0.4, 0.5) is 0 Å². The summed E-state index contributed by atoms with van der Waals surface area (Å²) in [4.78, 5) is 12.0. The third-order valence-corrected chi connectivity index (χ3v) is 4.82. The van der Waals surface area contributed by atoms with Gasteiger partial charge in [-0.3, -0.25) is 4.79 Å². The van der Waals surface area contributed by atoms with Crippen molar-refractivity contribution in [3.05, 3.63) is 0 Å². The molecule has 0 unspecified atom stereocenters. The molecule has 0 amide bonds. The topological polar surface area (TPSA) is 44.8 Å². The molecule has 0 bridgehead atoms. The first-order chi connectivity index (χ1) is 8.16. The third-order valence-electron chi connectivity index (χ3n) is 3.75. The Bertz CT molecular complexity index is 276. The van der Waals surface area contributed by atoms with Crippen molar-refractivity contribution in [2.75, 3.05) is 25.2 Å². The number of hydrogen-bond donors (Lipinski definition) is 0. The van der Waals surface area contributed by atoms with Crippen LogP contribution in [0.1, 0.15) is 32.6 Å². The van der Waals surface area contributed by atoms with Crippen LogP contribution in [0.15, 0.2) is 0 Å². The van der Waals surface area contributed by atoms with E-state index in [-0.39, 0.29) is 5.97 Å². The predicted octanol–water partition coefficient (Wildman–Crippen LogP) is 2.25. The van der Waals surface area contributed by atoms with Gasteiger partial charge in [0, 0.05) is 18.2 Å². The number of hydrogen-bond acceptors (Lipinski definition) is 4. The van der Waals surface area contributed by atoms with E-state index in [0.29, 0.717) is 25.2 Å². The van der Waals surface area contributed by atoms with Crippen molar-refractivity contribution in [3.63, 3.8) is 0 Å². The molecule has 98 valence electrons. The molecule has 1 aliphatic heterocycles. The van der Waals surface area contributed by atoms with E-state index in [0.717, 1.165) is 25.7 Å². The van der Waals surface area contributed by atoms with Gasteiger partial charge < -0.3 is 14.2 Å². The van der Waals surface area contributed by atoms with Gasteiger partial charge in [-0.25, -0.2) is 0 Å². The summed E-state index contributed by atoms with van der Waals surface area (Å²) in [7, 11) is 0. The van der Waals surface area contributed by atoms with Crippen LogP contribution in [0.5, 0.6) is 0 Å². The van der Waals surface area contributed by atoms with Crippen molar-refractivity contribution in [2.45, 2.75) is 38.4 Å². The van der Waals surface area contributed by atoms with Gasteiger partial charge >= 0.3 is 5.97 Å². The van der Waals surface area contributed by atoms with Gasteiger partial charge in [0.2, 0.25) is 0 Å². The van der Waals surface area contributed by atoms with E-state index >= 15 is 0 Å². The minimum Gasteiger partial charge on any atom is -0.466 e. The first kappa shape index (κ1) is 13.3. The lowest BCUT2D eigenvalue weighted by atomic mass is 9.73. The van der Waals surface area contributed by atoms with Crippen molar-refractivity contribution >= 4 is 21.9 Å². The largest absolute Gasteiger partial charge is 0.466 e. The Morgan fingerprint density at radius 1 is 1.24 bits per heavy atom. The van der Waals surface area contributed by atoms with Crippen LogP contribution in [0, 0.1) is 5.41 Å². The molecule has 4 nitrogen and oxygen atoms in total. The van der Waals surface area contributed by atoms with Crippen LogP contribution in [0.2, 0.25) is 0 Å². The first-order valence-corrected chi connectivity index (χ1v) is 7.30. The lowest BCUT2D eigenvalue weighted by Crippen LogP contribution is -2.45. The Hall–Kier alpha value is -0.130. The Balaban J connectivity index is 2.01. The summed E-state index contributed by atoms with van der Waals surface area (Å²) in [5.74, 6) is -0.511. The highest BCUT2D eigenvalue weighted by atomic mass is 79.9. The highest BCUT2D eigenvalue weighted by Crippen LogP contribution is 2.46. The second-order valence-corrected chi connectivity index (χ2v) is 5.30. The fraction of sp³-hybridized carbons (Fsp3) is 0.917. The fourth-order valence-corrected chi connectivity index (χ4v) is 3.36. The number of esters is 1. The lowest BCUT2D eigenvalue weighted by Gasteiger charge is -2.41. The van der Waals surface area contributed by atoms with Gasteiger partial charge in [0.1, 0.15) is 0 Å².